The lowest BCUT2D eigenvalue weighted by Gasteiger charge is -2.12. The van der Waals surface area contributed by atoms with Crippen LogP contribution in [0.1, 0.15) is 23.9 Å². The van der Waals surface area contributed by atoms with Gasteiger partial charge in [-0.15, -0.1) is 11.8 Å². The van der Waals surface area contributed by atoms with Gasteiger partial charge in [-0.3, -0.25) is 14.8 Å². The van der Waals surface area contributed by atoms with Gasteiger partial charge in [0.05, 0.1) is 17.6 Å². The van der Waals surface area contributed by atoms with Crippen molar-refractivity contribution in [2.24, 2.45) is 0 Å². The van der Waals surface area contributed by atoms with Crippen molar-refractivity contribution < 1.29 is 9.90 Å². The molecule has 1 saturated heterocycles. The average molecular weight is 269 g/mol. The SMILES string of the molecule is CCc1c(C)nn(C[C@@H]2N[C@@H](C(=O)O)CS2)c1C. The molecule has 1 aromatic heterocycles. The Balaban J connectivity index is 2.05. The average Bonchev–Trinajstić information content (AvgIpc) is 2.86. The number of carboxylic acids is 1. The van der Waals surface area contributed by atoms with E-state index >= 15 is 0 Å². The van der Waals surface area contributed by atoms with Gasteiger partial charge in [-0.1, -0.05) is 6.92 Å². The molecule has 18 heavy (non-hydrogen) atoms. The van der Waals surface area contributed by atoms with Crippen molar-refractivity contribution in [3.63, 3.8) is 0 Å². The quantitative estimate of drug-likeness (QED) is 0.859. The van der Waals surface area contributed by atoms with E-state index in [2.05, 4.69) is 24.3 Å². The van der Waals surface area contributed by atoms with E-state index in [4.69, 9.17) is 5.11 Å². The van der Waals surface area contributed by atoms with E-state index in [1.807, 2.05) is 11.6 Å². The zero-order valence-corrected chi connectivity index (χ0v) is 11.8. The predicted molar refractivity (Wildman–Crippen MR) is 71.9 cm³/mol. The van der Waals surface area contributed by atoms with Crippen molar-refractivity contribution in [1.82, 2.24) is 15.1 Å². The first kappa shape index (κ1) is 13.4. The number of nitrogens with zero attached hydrogens (tertiary/aromatic N) is 2. The summed E-state index contributed by atoms with van der Waals surface area (Å²) < 4.78 is 1.99. The molecular formula is C12H19N3O2S. The molecule has 1 aliphatic heterocycles. The molecule has 0 saturated carbocycles. The van der Waals surface area contributed by atoms with Crippen LogP contribution in [0.3, 0.4) is 0 Å². The molecule has 2 N–H and O–H groups in total. The molecule has 100 valence electrons. The Labute approximate surface area is 111 Å². The molecule has 6 heteroatoms. The minimum atomic E-state index is -0.771. The second-order valence-corrected chi connectivity index (χ2v) is 5.80. The minimum absolute atomic E-state index is 0.133. The molecule has 0 unspecified atom stereocenters. The summed E-state index contributed by atoms with van der Waals surface area (Å²) >= 11 is 1.65. The summed E-state index contributed by atoms with van der Waals surface area (Å²) in [6, 6.07) is -0.428. The number of rotatable bonds is 4. The fourth-order valence-corrected chi connectivity index (χ4v) is 3.53. The third kappa shape index (κ3) is 2.54. The largest absolute Gasteiger partial charge is 0.480 e. The standard InChI is InChI=1S/C12H19N3O2S/c1-4-9-7(2)14-15(8(9)3)5-11-13-10(6-18-11)12(16)17/h10-11,13H,4-6H2,1-3H3,(H,16,17)/t10-,11-/m1/s1. The van der Waals surface area contributed by atoms with Crippen LogP contribution in [0.25, 0.3) is 0 Å². The molecule has 2 rings (SSSR count). The predicted octanol–water partition coefficient (Wildman–Crippen LogP) is 1.18. The minimum Gasteiger partial charge on any atom is -0.480 e. The van der Waals surface area contributed by atoms with Crippen LogP contribution in [0.15, 0.2) is 0 Å². The maximum absolute atomic E-state index is 10.9. The highest BCUT2D eigenvalue weighted by atomic mass is 32.2. The molecule has 0 aromatic carbocycles. The molecule has 0 spiro atoms. The fourth-order valence-electron chi connectivity index (χ4n) is 2.36. The normalized spacial score (nSPS) is 23.5. The number of hydrogen-bond acceptors (Lipinski definition) is 4. The van der Waals surface area contributed by atoms with Gasteiger partial charge >= 0.3 is 5.97 Å². The number of aliphatic carboxylic acids is 1. The van der Waals surface area contributed by atoms with Crippen LogP contribution < -0.4 is 5.32 Å². The topological polar surface area (TPSA) is 67.2 Å². The van der Waals surface area contributed by atoms with Crippen LogP contribution in [-0.4, -0.2) is 38.0 Å². The smallest absolute Gasteiger partial charge is 0.321 e. The number of aryl methyl sites for hydroxylation is 1. The maximum Gasteiger partial charge on any atom is 0.321 e. The monoisotopic (exact) mass is 269 g/mol. The van der Waals surface area contributed by atoms with E-state index in [-0.39, 0.29) is 5.37 Å². The molecule has 1 fully saturated rings. The maximum atomic E-state index is 10.9. The van der Waals surface area contributed by atoms with Crippen LogP contribution in [0, 0.1) is 13.8 Å². The Bertz CT molecular complexity index is 458. The van der Waals surface area contributed by atoms with Crippen LogP contribution in [0.5, 0.6) is 0 Å². The van der Waals surface area contributed by atoms with Crippen LogP contribution in [0.4, 0.5) is 0 Å². The van der Waals surface area contributed by atoms with Gasteiger partial charge in [0.15, 0.2) is 0 Å². The molecule has 1 aliphatic rings. The fraction of sp³-hybridized carbons (Fsp3) is 0.667. The van der Waals surface area contributed by atoms with E-state index in [1.165, 1.54) is 11.3 Å². The van der Waals surface area contributed by atoms with E-state index in [9.17, 15) is 4.79 Å². The lowest BCUT2D eigenvalue weighted by molar-refractivity contribution is -0.138. The van der Waals surface area contributed by atoms with Crippen molar-refractivity contribution in [3.05, 3.63) is 17.0 Å². The highest BCUT2D eigenvalue weighted by molar-refractivity contribution is 8.00. The van der Waals surface area contributed by atoms with Crippen LogP contribution >= 0.6 is 11.8 Å². The summed E-state index contributed by atoms with van der Waals surface area (Å²) in [6.45, 7) is 6.95. The summed E-state index contributed by atoms with van der Waals surface area (Å²) in [6.07, 6.45) is 0.987. The third-order valence-corrected chi connectivity index (χ3v) is 4.59. The van der Waals surface area contributed by atoms with Crippen molar-refractivity contribution in [2.75, 3.05) is 5.75 Å². The van der Waals surface area contributed by atoms with E-state index in [1.54, 1.807) is 11.8 Å². The molecule has 1 aromatic rings. The first-order valence-electron chi connectivity index (χ1n) is 6.16. The Morgan fingerprint density at radius 3 is 2.83 bits per heavy atom. The summed E-state index contributed by atoms with van der Waals surface area (Å²) in [4.78, 5) is 10.9. The molecule has 0 aliphatic carbocycles. The Hall–Kier alpha value is -1.01. The van der Waals surface area contributed by atoms with Gasteiger partial charge < -0.3 is 5.11 Å². The lowest BCUT2D eigenvalue weighted by Crippen LogP contribution is -2.38. The van der Waals surface area contributed by atoms with Crippen molar-refractivity contribution in [3.8, 4) is 0 Å². The van der Waals surface area contributed by atoms with Crippen LogP contribution in [0.2, 0.25) is 0 Å². The highest BCUT2D eigenvalue weighted by Gasteiger charge is 2.30. The van der Waals surface area contributed by atoms with Gasteiger partial charge in [0.25, 0.3) is 0 Å². The van der Waals surface area contributed by atoms with Gasteiger partial charge in [-0.25, -0.2) is 0 Å². The van der Waals surface area contributed by atoms with E-state index < -0.39 is 12.0 Å². The van der Waals surface area contributed by atoms with E-state index in [0.29, 0.717) is 5.75 Å². The van der Waals surface area contributed by atoms with Crippen molar-refractivity contribution >= 4 is 17.7 Å². The van der Waals surface area contributed by atoms with Crippen molar-refractivity contribution in [2.45, 2.75) is 45.2 Å². The lowest BCUT2D eigenvalue weighted by atomic mass is 10.1. The van der Waals surface area contributed by atoms with Crippen molar-refractivity contribution in [1.29, 1.82) is 0 Å². The highest BCUT2D eigenvalue weighted by Crippen LogP contribution is 2.22. The summed E-state index contributed by atoms with van der Waals surface area (Å²) in [5.74, 6) is -0.146. The molecule has 5 nitrogen and oxygen atoms in total. The molecule has 0 amide bonds. The Kier molecular flexibility index (Phi) is 3.97. The van der Waals surface area contributed by atoms with Gasteiger partial charge in [-0.2, -0.15) is 5.10 Å². The summed E-state index contributed by atoms with van der Waals surface area (Å²) in [5.41, 5.74) is 3.57. The molecule has 2 atom stereocenters. The molecular weight excluding hydrogens is 250 g/mol. The van der Waals surface area contributed by atoms with Crippen LogP contribution in [-0.2, 0) is 17.8 Å². The third-order valence-electron chi connectivity index (χ3n) is 3.37. The number of carbonyl (C=O) groups is 1. The van der Waals surface area contributed by atoms with Gasteiger partial charge in [0.2, 0.25) is 0 Å². The Morgan fingerprint density at radius 2 is 2.33 bits per heavy atom. The first-order valence-corrected chi connectivity index (χ1v) is 7.21. The molecule has 2 heterocycles. The molecule has 0 bridgehead atoms. The Morgan fingerprint density at radius 1 is 1.61 bits per heavy atom. The number of thioether (sulfide) groups is 1. The summed E-state index contributed by atoms with van der Waals surface area (Å²) in [7, 11) is 0. The zero-order valence-electron chi connectivity index (χ0n) is 10.9. The van der Waals surface area contributed by atoms with Gasteiger partial charge in [-0.05, 0) is 25.8 Å². The number of aromatic nitrogens is 2. The number of carboxylic acid groups (broad SMARTS) is 1. The number of hydrogen-bond donors (Lipinski definition) is 2. The van der Waals surface area contributed by atoms with E-state index in [0.717, 1.165) is 18.7 Å². The zero-order chi connectivity index (χ0) is 13.3. The number of nitrogens with one attached hydrogen (secondary N) is 1. The van der Waals surface area contributed by atoms with Gasteiger partial charge in [0.1, 0.15) is 6.04 Å². The first-order chi connectivity index (χ1) is 8.52. The summed E-state index contributed by atoms with van der Waals surface area (Å²) in [5, 5.41) is 16.7. The second-order valence-electron chi connectivity index (χ2n) is 4.56. The second kappa shape index (κ2) is 5.32. The molecule has 0 radical (unpaired) electrons. The van der Waals surface area contributed by atoms with Gasteiger partial charge in [0, 0.05) is 11.4 Å².